The van der Waals surface area contributed by atoms with Crippen LogP contribution in [0.1, 0.15) is 50.2 Å². The molecule has 0 spiro atoms. The quantitative estimate of drug-likeness (QED) is 0.279. The summed E-state index contributed by atoms with van der Waals surface area (Å²) in [5.74, 6) is -3.01. The van der Waals surface area contributed by atoms with Gasteiger partial charge in [0, 0.05) is 47.9 Å². The average molecular weight is 556 g/mol. The monoisotopic (exact) mass is 555 g/mol. The zero-order valence-corrected chi connectivity index (χ0v) is 23.1. The Bertz CT molecular complexity index is 1290. The van der Waals surface area contributed by atoms with Gasteiger partial charge in [-0.15, -0.1) is 0 Å². The fourth-order valence-corrected chi connectivity index (χ4v) is 6.11. The van der Waals surface area contributed by atoms with Crippen LogP contribution in [0.25, 0.3) is 0 Å². The van der Waals surface area contributed by atoms with Crippen molar-refractivity contribution in [2.75, 3.05) is 20.1 Å². The van der Waals surface area contributed by atoms with E-state index in [1.807, 2.05) is 35.9 Å². The number of aliphatic carboxylic acids is 2. The van der Waals surface area contributed by atoms with E-state index in [1.165, 1.54) is 18.2 Å². The van der Waals surface area contributed by atoms with Gasteiger partial charge in [-0.05, 0) is 75.9 Å². The summed E-state index contributed by atoms with van der Waals surface area (Å²) < 4.78 is 0. The van der Waals surface area contributed by atoms with Crippen molar-refractivity contribution in [2.45, 2.75) is 51.6 Å². The van der Waals surface area contributed by atoms with Crippen LogP contribution in [0.2, 0.25) is 5.02 Å². The van der Waals surface area contributed by atoms with Gasteiger partial charge in [-0.1, -0.05) is 35.9 Å². The smallest absolute Gasteiger partial charge is 0.333 e. The molecule has 0 bridgehead atoms. The van der Waals surface area contributed by atoms with Gasteiger partial charge >= 0.3 is 11.9 Å². The molecule has 2 N–H and O–H groups in total. The molecule has 1 fully saturated rings. The van der Waals surface area contributed by atoms with Gasteiger partial charge in [0.2, 0.25) is 0 Å². The lowest BCUT2D eigenvalue weighted by Gasteiger charge is -2.52. The zero-order valence-electron chi connectivity index (χ0n) is 22.3. The number of carboxylic acid groups (broad SMARTS) is 2. The summed E-state index contributed by atoms with van der Waals surface area (Å²) in [6, 6.07) is 12.6. The van der Waals surface area contributed by atoms with Crippen molar-refractivity contribution in [3.8, 4) is 0 Å². The van der Waals surface area contributed by atoms with Gasteiger partial charge in [0.15, 0.2) is 0 Å². The van der Waals surface area contributed by atoms with E-state index in [1.54, 1.807) is 25.1 Å². The molecule has 0 saturated heterocycles. The summed E-state index contributed by atoms with van der Waals surface area (Å²) in [6.45, 7) is 5.08. The molecule has 39 heavy (non-hydrogen) atoms. The van der Waals surface area contributed by atoms with Crippen molar-refractivity contribution in [2.24, 2.45) is 11.3 Å². The third-order valence-electron chi connectivity index (χ3n) is 8.31. The van der Waals surface area contributed by atoms with Crippen LogP contribution in [0.15, 0.2) is 59.8 Å². The Labute approximate surface area is 232 Å². The zero-order chi connectivity index (χ0) is 28.5. The summed E-state index contributed by atoms with van der Waals surface area (Å²) in [4.78, 5) is 41.2. The van der Waals surface area contributed by atoms with Crippen molar-refractivity contribution in [3.63, 3.8) is 0 Å². The first-order valence-electron chi connectivity index (χ1n) is 13.1. The summed E-state index contributed by atoms with van der Waals surface area (Å²) in [5, 5.41) is 33.6. The number of benzene rings is 2. The number of rotatable bonds is 11. The number of allylic oxidation sites excluding steroid dienone is 1. The van der Waals surface area contributed by atoms with Crippen molar-refractivity contribution in [3.05, 3.63) is 86.1 Å². The van der Waals surface area contributed by atoms with Crippen LogP contribution in [0.3, 0.4) is 0 Å². The Morgan fingerprint density at radius 1 is 1.18 bits per heavy atom. The van der Waals surface area contributed by atoms with Crippen LogP contribution in [0, 0.1) is 21.4 Å². The number of carboxylic acids is 2. The summed E-state index contributed by atoms with van der Waals surface area (Å²) in [6.07, 6.45) is 2.19. The highest BCUT2D eigenvalue weighted by molar-refractivity contribution is 6.30. The van der Waals surface area contributed by atoms with Crippen LogP contribution in [-0.2, 0) is 16.1 Å². The Morgan fingerprint density at radius 3 is 2.41 bits per heavy atom. The molecule has 3 atom stereocenters. The van der Waals surface area contributed by atoms with Crippen LogP contribution >= 0.6 is 11.6 Å². The number of carbonyl (C=O) groups is 2. The molecule has 2 aromatic rings. The van der Waals surface area contributed by atoms with Gasteiger partial charge in [0.1, 0.15) is 5.41 Å². The molecular formula is C29H34ClN3O6. The van der Waals surface area contributed by atoms with E-state index in [2.05, 4.69) is 0 Å². The number of nitro benzene ring substituents is 1. The molecule has 4 rings (SSSR count). The molecule has 10 heteroatoms. The minimum absolute atomic E-state index is 0.0167. The fraction of sp³-hybridized carbons (Fsp3) is 0.448. The number of non-ortho nitro benzene ring substituents is 1. The highest BCUT2D eigenvalue weighted by atomic mass is 35.5. The molecule has 1 aliphatic carbocycles. The van der Waals surface area contributed by atoms with E-state index in [9.17, 15) is 29.9 Å². The maximum Gasteiger partial charge on any atom is 0.333 e. The largest absolute Gasteiger partial charge is 0.481 e. The van der Waals surface area contributed by atoms with Crippen molar-refractivity contribution < 1.29 is 24.7 Å². The average Bonchev–Trinajstić information content (AvgIpc) is 3.71. The van der Waals surface area contributed by atoms with Crippen LogP contribution in [0.4, 0.5) is 5.69 Å². The minimum Gasteiger partial charge on any atom is -0.481 e. The lowest BCUT2D eigenvalue weighted by Crippen LogP contribution is -2.59. The number of hydrogen-bond acceptors (Lipinski definition) is 6. The second-order valence-corrected chi connectivity index (χ2v) is 11.3. The first kappa shape index (κ1) is 28.6. The Morgan fingerprint density at radius 2 is 1.85 bits per heavy atom. The predicted octanol–water partition coefficient (Wildman–Crippen LogP) is 5.40. The molecule has 2 aliphatic rings. The molecule has 0 aromatic heterocycles. The van der Waals surface area contributed by atoms with Gasteiger partial charge in [0.25, 0.3) is 5.69 Å². The van der Waals surface area contributed by atoms with Crippen molar-refractivity contribution in [1.29, 1.82) is 0 Å². The van der Waals surface area contributed by atoms with E-state index in [0.717, 1.165) is 18.4 Å². The fourth-order valence-electron chi connectivity index (χ4n) is 5.98. The molecule has 9 nitrogen and oxygen atoms in total. The molecule has 208 valence electrons. The third kappa shape index (κ3) is 5.79. The maximum atomic E-state index is 13.4. The number of nitrogens with zero attached hydrogens (tertiary/aromatic N) is 3. The molecule has 2 aromatic carbocycles. The first-order chi connectivity index (χ1) is 18.5. The van der Waals surface area contributed by atoms with E-state index in [4.69, 9.17) is 11.6 Å². The van der Waals surface area contributed by atoms with Gasteiger partial charge < -0.3 is 20.0 Å². The molecule has 1 heterocycles. The maximum absolute atomic E-state index is 13.4. The number of hydrogen-bond donors (Lipinski definition) is 2. The van der Waals surface area contributed by atoms with Gasteiger partial charge in [-0.3, -0.25) is 14.9 Å². The molecule has 3 unspecified atom stereocenters. The first-order valence-corrected chi connectivity index (χ1v) is 13.4. The van der Waals surface area contributed by atoms with E-state index < -0.39 is 34.2 Å². The molecule has 1 aliphatic heterocycles. The van der Waals surface area contributed by atoms with Crippen LogP contribution in [-0.4, -0.2) is 63.1 Å². The van der Waals surface area contributed by atoms with Gasteiger partial charge in [-0.2, -0.15) is 0 Å². The summed E-state index contributed by atoms with van der Waals surface area (Å²) in [5.41, 5.74) is 0.0760. The Hall–Kier alpha value is -3.43. The number of nitro groups is 1. The Kier molecular flexibility index (Phi) is 8.32. The van der Waals surface area contributed by atoms with Crippen molar-refractivity contribution >= 4 is 29.2 Å². The third-order valence-corrected chi connectivity index (χ3v) is 8.56. The molecule has 0 amide bonds. The Balaban J connectivity index is 1.81. The van der Waals surface area contributed by atoms with E-state index in [0.29, 0.717) is 41.8 Å². The molecular weight excluding hydrogens is 522 g/mol. The van der Waals surface area contributed by atoms with Crippen molar-refractivity contribution in [1.82, 2.24) is 9.80 Å². The SMILES string of the molecule is CC1=C(C(=O)O)C(c2cccc([N+](=O)[O-])c2)C(CCN(C)Cc2ccc(Cl)cc2)(C(=O)O)C(C)N1CC1CC1. The molecule has 1 saturated carbocycles. The van der Waals surface area contributed by atoms with Crippen LogP contribution < -0.4 is 0 Å². The second-order valence-electron chi connectivity index (χ2n) is 10.8. The molecule has 0 radical (unpaired) electrons. The standard InChI is InChI=1S/C29H34ClN3O6/c1-18-25(27(34)35)26(22-5-4-6-24(15-22)33(38)39)29(28(36)37,19(2)32(18)17-21-7-8-21)13-14-31(3)16-20-9-11-23(30)12-10-20/h4-6,9-12,15,19,21,26H,7-8,13-14,16-17H2,1-3H3,(H,34,35)(H,36,37). The predicted molar refractivity (Wildman–Crippen MR) is 148 cm³/mol. The highest BCUT2D eigenvalue weighted by Gasteiger charge is 2.58. The van der Waals surface area contributed by atoms with E-state index >= 15 is 0 Å². The lowest BCUT2D eigenvalue weighted by atomic mass is 9.59. The van der Waals surface area contributed by atoms with Crippen LogP contribution in [0.5, 0.6) is 0 Å². The van der Waals surface area contributed by atoms with Gasteiger partial charge in [0.05, 0.1) is 10.5 Å². The van der Waals surface area contributed by atoms with E-state index in [-0.39, 0.29) is 17.7 Å². The highest BCUT2D eigenvalue weighted by Crippen LogP contribution is 2.54. The minimum atomic E-state index is -1.55. The lowest BCUT2D eigenvalue weighted by molar-refractivity contribution is -0.384. The summed E-state index contributed by atoms with van der Waals surface area (Å²) >= 11 is 6.01. The number of halogens is 1. The second kappa shape index (κ2) is 11.4. The normalized spacial score (nSPS) is 23.3. The van der Waals surface area contributed by atoms with Gasteiger partial charge in [-0.25, -0.2) is 4.79 Å². The summed E-state index contributed by atoms with van der Waals surface area (Å²) in [7, 11) is 1.89. The topological polar surface area (TPSA) is 124 Å².